The molecule has 3 aromatic carbocycles. The van der Waals surface area contributed by atoms with E-state index in [1.807, 2.05) is 48.5 Å². The van der Waals surface area contributed by atoms with Crippen molar-refractivity contribution >= 4 is 46.8 Å². The third-order valence-electron chi connectivity index (χ3n) is 7.97. The van der Waals surface area contributed by atoms with Gasteiger partial charge >= 0.3 is 5.97 Å². The minimum absolute atomic E-state index is 0.205. The number of methoxy groups -OCH3 is 1. The highest BCUT2D eigenvalue weighted by Gasteiger charge is 2.72. The summed E-state index contributed by atoms with van der Waals surface area (Å²) in [6, 6.07) is 21.2. The SMILES string of the molecule is COc1cccc(C(=O)COC(=O)CCN2C(=O)[C@@H]3[C@@H](C2=O)C2(Cl)c4ccccc4C3(Cl)c3ccccc32)c1. The van der Waals surface area contributed by atoms with E-state index in [0.717, 1.165) is 4.90 Å². The summed E-state index contributed by atoms with van der Waals surface area (Å²) in [6.07, 6.45) is -0.271. The highest BCUT2D eigenvalue weighted by atomic mass is 35.5. The lowest BCUT2D eigenvalue weighted by Crippen LogP contribution is -2.57. The molecule has 2 bridgehead atoms. The van der Waals surface area contributed by atoms with Crippen LogP contribution < -0.4 is 4.74 Å². The number of hydrogen-bond donors (Lipinski definition) is 0. The third kappa shape index (κ3) is 3.56. The molecule has 0 radical (unpaired) electrons. The first-order valence-corrected chi connectivity index (χ1v) is 13.2. The van der Waals surface area contributed by atoms with Crippen molar-refractivity contribution < 1.29 is 28.7 Å². The Hall–Kier alpha value is -3.68. The number of amides is 2. The van der Waals surface area contributed by atoms with Crippen LogP contribution in [0.3, 0.4) is 0 Å². The van der Waals surface area contributed by atoms with Gasteiger partial charge in [0.25, 0.3) is 0 Å². The fourth-order valence-corrected chi connectivity index (χ4v) is 7.34. The molecule has 3 aliphatic carbocycles. The molecule has 1 heterocycles. The van der Waals surface area contributed by atoms with Crippen molar-refractivity contribution in [2.24, 2.45) is 11.8 Å². The van der Waals surface area contributed by atoms with Crippen LogP contribution in [-0.4, -0.2) is 48.7 Å². The van der Waals surface area contributed by atoms with Gasteiger partial charge in [-0.2, -0.15) is 0 Å². The fourth-order valence-electron chi connectivity index (χ4n) is 6.25. The largest absolute Gasteiger partial charge is 0.497 e. The summed E-state index contributed by atoms with van der Waals surface area (Å²) in [7, 11) is 1.49. The summed E-state index contributed by atoms with van der Waals surface area (Å²) in [5.41, 5.74) is 3.17. The molecule has 198 valence electrons. The number of carbonyl (C=O) groups is 4. The van der Waals surface area contributed by atoms with Gasteiger partial charge in [0.15, 0.2) is 12.4 Å². The molecule has 2 atom stereocenters. The number of halogens is 2. The molecule has 0 N–H and O–H groups in total. The fraction of sp³-hybridized carbons (Fsp3) is 0.267. The average molecular weight is 564 g/mol. The molecular formula is C30H23Cl2NO6. The first-order valence-electron chi connectivity index (χ1n) is 12.5. The number of benzene rings is 3. The summed E-state index contributed by atoms with van der Waals surface area (Å²) in [6.45, 7) is -0.678. The number of ketones is 1. The van der Waals surface area contributed by atoms with Gasteiger partial charge in [0.05, 0.1) is 25.4 Å². The number of ether oxygens (including phenoxy) is 2. The lowest BCUT2D eigenvalue weighted by atomic mass is 9.54. The van der Waals surface area contributed by atoms with Crippen LogP contribution in [0.15, 0.2) is 72.8 Å². The molecule has 1 aliphatic heterocycles. The van der Waals surface area contributed by atoms with Crippen LogP contribution in [0.25, 0.3) is 0 Å². The van der Waals surface area contributed by atoms with Crippen LogP contribution in [-0.2, 0) is 28.9 Å². The Kier molecular flexibility index (Phi) is 6.04. The summed E-state index contributed by atoms with van der Waals surface area (Å²) < 4.78 is 10.3. The van der Waals surface area contributed by atoms with Gasteiger partial charge in [-0.3, -0.25) is 24.1 Å². The molecule has 3 aromatic rings. The Morgan fingerprint density at radius 1 is 0.821 bits per heavy atom. The summed E-state index contributed by atoms with van der Waals surface area (Å²) in [4.78, 5) is 51.0. The van der Waals surface area contributed by atoms with Crippen molar-refractivity contribution in [3.05, 3.63) is 101 Å². The third-order valence-corrected chi connectivity index (χ3v) is 9.26. The van der Waals surface area contributed by atoms with E-state index in [4.69, 9.17) is 32.7 Å². The Morgan fingerprint density at radius 2 is 1.33 bits per heavy atom. The van der Waals surface area contributed by atoms with E-state index >= 15 is 0 Å². The van der Waals surface area contributed by atoms with E-state index in [0.29, 0.717) is 33.6 Å². The predicted octanol–water partition coefficient (Wildman–Crippen LogP) is 4.40. The molecule has 2 amide bonds. The van der Waals surface area contributed by atoms with Crippen molar-refractivity contribution in [2.45, 2.75) is 16.2 Å². The molecule has 0 spiro atoms. The van der Waals surface area contributed by atoms with Crippen LogP contribution >= 0.6 is 23.2 Å². The van der Waals surface area contributed by atoms with E-state index < -0.39 is 51.8 Å². The van der Waals surface area contributed by atoms with Gasteiger partial charge in [-0.05, 0) is 34.4 Å². The second kappa shape index (κ2) is 9.21. The molecule has 0 saturated carbocycles. The molecule has 0 unspecified atom stereocenters. The number of likely N-dealkylation sites (tertiary alicyclic amines) is 1. The minimum Gasteiger partial charge on any atom is -0.497 e. The van der Waals surface area contributed by atoms with Crippen molar-refractivity contribution in [1.29, 1.82) is 0 Å². The zero-order valence-electron chi connectivity index (χ0n) is 20.9. The first kappa shape index (κ1) is 25.6. The first-order chi connectivity index (χ1) is 18.7. The van der Waals surface area contributed by atoms with Gasteiger partial charge in [-0.25, -0.2) is 0 Å². The maximum absolute atomic E-state index is 13.8. The molecule has 7 rings (SSSR count). The van der Waals surface area contributed by atoms with Gasteiger partial charge in [-0.1, -0.05) is 60.7 Å². The number of nitrogens with zero attached hydrogens (tertiary/aromatic N) is 1. The Labute approximate surface area is 234 Å². The van der Waals surface area contributed by atoms with Gasteiger partial charge in [0.2, 0.25) is 11.8 Å². The number of Topliss-reactive ketones (excluding diaryl/α,β-unsaturated/α-hetero) is 1. The minimum atomic E-state index is -1.28. The number of hydrogen-bond acceptors (Lipinski definition) is 6. The highest BCUT2D eigenvalue weighted by molar-refractivity contribution is 6.36. The Balaban J connectivity index is 1.22. The zero-order valence-corrected chi connectivity index (χ0v) is 22.4. The van der Waals surface area contributed by atoms with Gasteiger partial charge < -0.3 is 9.47 Å². The van der Waals surface area contributed by atoms with Crippen molar-refractivity contribution in [3.63, 3.8) is 0 Å². The van der Waals surface area contributed by atoms with Crippen LogP contribution in [0.2, 0.25) is 0 Å². The number of imide groups is 1. The molecule has 7 nitrogen and oxygen atoms in total. The lowest BCUT2D eigenvalue weighted by molar-refractivity contribution is -0.145. The maximum atomic E-state index is 13.8. The van der Waals surface area contributed by atoms with Crippen LogP contribution in [0.4, 0.5) is 0 Å². The number of alkyl halides is 2. The van der Waals surface area contributed by atoms with Gasteiger partial charge in [-0.15, -0.1) is 23.2 Å². The normalized spacial score (nSPS) is 26.1. The van der Waals surface area contributed by atoms with E-state index in [9.17, 15) is 19.2 Å². The van der Waals surface area contributed by atoms with E-state index in [2.05, 4.69) is 0 Å². The maximum Gasteiger partial charge on any atom is 0.308 e. The quantitative estimate of drug-likeness (QED) is 0.183. The smallest absolute Gasteiger partial charge is 0.308 e. The monoisotopic (exact) mass is 563 g/mol. The highest BCUT2D eigenvalue weighted by Crippen LogP contribution is 2.69. The average Bonchev–Trinajstić information content (AvgIpc) is 3.23. The summed E-state index contributed by atoms with van der Waals surface area (Å²) in [5.74, 6) is -3.42. The van der Waals surface area contributed by atoms with Crippen LogP contribution in [0.1, 0.15) is 39.0 Å². The molecule has 0 aromatic heterocycles. The molecule has 4 aliphatic rings. The molecule has 1 saturated heterocycles. The summed E-state index contributed by atoms with van der Waals surface area (Å²) in [5, 5.41) is 0. The second-order valence-electron chi connectivity index (χ2n) is 9.86. The topological polar surface area (TPSA) is 90.0 Å². The van der Waals surface area contributed by atoms with E-state index in [1.54, 1.807) is 24.3 Å². The van der Waals surface area contributed by atoms with E-state index in [1.165, 1.54) is 7.11 Å². The van der Waals surface area contributed by atoms with Crippen molar-refractivity contribution in [2.75, 3.05) is 20.3 Å². The standard InChI is InChI=1S/C30H23Cl2NO6/c1-38-18-8-6-7-17(15-18)23(34)16-39-24(35)13-14-33-27(36)25-26(28(33)37)30(32)20-10-3-2-9-19(20)29(25,31)21-11-4-5-12-22(21)30/h2-12,15,25-26H,13-14,16H2,1H3/t25-,26-,29?,30?/m0/s1. The molecule has 39 heavy (non-hydrogen) atoms. The van der Waals surface area contributed by atoms with Crippen LogP contribution in [0.5, 0.6) is 5.75 Å². The number of esters is 1. The van der Waals surface area contributed by atoms with Gasteiger partial charge in [0, 0.05) is 12.1 Å². The Bertz CT molecular complexity index is 1430. The van der Waals surface area contributed by atoms with E-state index in [-0.39, 0.29) is 13.0 Å². The molecular weight excluding hydrogens is 541 g/mol. The second-order valence-corrected chi connectivity index (χ2v) is 11.1. The number of rotatable bonds is 7. The zero-order chi connectivity index (χ0) is 27.5. The molecule has 9 heteroatoms. The van der Waals surface area contributed by atoms with Gasteiger partial charge in [0.1, 0.15) is 15.5 Å². The van der Waals surface area contributed by atoms with Crippen molar-refractivity contribution in [3.8, 4) is 5.75 Å². The summed E-state index contributed by atoms with van der Waals surface area (Å²) >= 11 is 14.8. The van der Waals surface area contributed by atoms with Crippen LogP contribution in [0, 0.1) is 11.8 Å². The Morgan fingerprint density at radius 3 is 1.82 bits per heavy atom. The van der Waals surface area contributed by atoms with Crippen molar-refractivity contribution in [1.82, 2.24) is 4.90 Å². The number of carbonyl (C=O) groups excluding carboxylic acids is 4. The molecule has 1 fully saturated rings. The lowest BCUT2D eigenvalue weighted by Gasteiger charge is -2.54. The predicted molar refractivity (Wildman–Crippen MR) is 143 cm³/mol.